The Balaban J connectivity index is 1.12. The van der Waals surface area contributed by atoms with Gasteiger partial charge < -0.3 is 18.8 Å². The minimum absolute atomic E-state index is 0.115. The molecule has 186 valence electrons. The third kappa shape index (κ3) is 4.60. The number of sulfonamides is 1. The molecule has 6 rings (SSSR count). The lowest BCUT2D eigenvalue weighted by Gasteiger charge is -2.18. The molecular formula is C23H23N7O5S. The molecule has 2 aliphatic rings. The zero-order valence-corrected chi connectivity index (χ0v) is 19.8. The first-order chi connectivity index (χ1) is 17.6. The SMILES string of the molecule is O=S(=O)(Cc1ccccc1)N[C@H]1CO[C@H]2[C@@H]1OC[C@@H]2n1nnnc1Oc1ccc(-n2ccnc2)cc1. The van der Waals surface area contributed by atoms with E-state index in [1.54, 1.807) is 24.7 Å². The molecule has 0 saturated carbocycles. The van der Waals surface area contributed by atoms with Crippen LogP contribution in [0.25, 0.3) is 5.69 Å². The Morgan fingerprint density at radius 1 is 1.03 bits per heavy atom. The Morgan fingerprint density at radius 2 is 1.83 bits per heavy atom. The van der Waals surface area contributed by atoms with E-state index in [2.05, 4.69) is 25.2 Å². The third-order valence-corrected chi connectivity index (χ3v) is 7.56. The van der Waals surface area contributed by atoms with E-state index in [0.717, 1.165) is 5.69 Å². The van der Waals surface area contributed by atoms with Crippen molar-refractivity contribution < 1.29 is 22.6 Å². The molecule has 1 N–H and O–H groups in total. The number of imidazole rings is 1. The highest BCUT2D eigenvalue weighted by molar-refractivity contribution is 7.88. The molecule has 2 fully saturated rings. The molecule has 0 bridgehead atoms. The maximum Gasteiger partial charge on any atom is 0.341 e. The van der Waals surface area contributed by atoms with E-state index >= 15 is 0 Å². The standard InChI is InChI=1S/C23H23N7O5S/c31-36(32,14-16-4-2-1-3-5-16)26-19-12-33-22-20(13-34-21(19)22)30-23(25-27-28-30)35-18-8-6-17(7-9-18)29-11-10-24-15-29/h1-11,15,19-22,26H,12-14H2/t19-,20-,21+,22+/m0/s1. The van der Waals surface area contributed by atoms with Gasteiger partial charge in [-0.05, 0) is 40.3 Å². The molecule has 4 heterocycles. The second-order valence-corrected chi connectivity index (χ2v) is 10.4. The predicted octanol–water partition coefficient (Wildman–Crippen LogP) is 1.48. The Bertz CT molecular complexity index is 1410. The number of ether oxygens (including phenoxy) is 3. The minimum atomic E-state index is -3.58. The molecule has 0 aliphatic carbocycles. The number of benzene rings is 2. The van der Waals surface area contributed by atoms with Crippen LogP contribution in [-0.2, 0) is 25.2 Å². The summed E-state index contributed by atoms with van der Waals surface area (Å²) in [6.07, 6.45) is 4.38. The van der Waals surface area contributed by atoms with E-state index in [-0.39, 0.29) is 31.0 Å². The van der Waals surface area contributed by atoms with Crippen LogP contribution < -0.4 is 9.46 Å². The molecule has 2 aliphatic heterocycles. The minimum Gasteiger partial charge on any atom is -0.423 e. The summed E-state index contributed by atoms with van der Waals surface area (Å²) in [5, 5.41) is 11.9. The quantitative estimate of drug-likeness (QED) is 0.375. The van der Waals surface area contributed by atoms with Gasteiger partial charge in [0.05, 0.1) is 31.3 Å². The van der Waals surface area contributed by atoms with E-state index in [4.69, 9.17) is 14.2 Å². The van der Waals surface area contributed by atoms with Gasteiger partial charge >= 0.3 is 6.01 Å². The highest BCUT2D eigenvalue weighted by atomic mass is 32.2. The molecule has 2 aromatic heterocycles. The summed E-state index contributed by atoms with van der Waals surface area (Å²) in [6.45, 7) is 0.446. The van der Waals surface area contributed by atoms with Crippen LogP contribution >= 0.6 is 0 Å². The van der Waals surface area contributed by atoms with Crippen LogP contribution in [0.15, 0.2) is 73.3 Å². The Hall–Kier alpha value is -3.65. The summed E-state index contributed by atoms with van der Waals surface area (Å²) < 4.78 is 49.4. The molecule has 0 radical (unpaired) electrons. The second-order valence-electron chi connectivity index (χ2n) is 8.60. The van der Waals surface area contributed by atoms with Crippen molar-refractivity contribution in [2.45, 2.75) is 30.0 Å². The van der Waals surface area contributed by atoms with Gasteiger partial charge in [-0.15, -0.1) is 0 Å². The summed E-state index contributed by atoms with van der Waals surface area (Å²) in [6, 6.07) is 15.7. The highest BCUT2D eigenvalue weighted by Gasteiger charge is 2.50. The van der Waals surface area contributed by atoms with Crippen molar-refractivity contribution in [1.29, 1.82) is 0 Å². The molecular weight excluding hydrogens is 486 g/mol. The van der Waals surface area contributed by atoms with Crippen LogP contribution in [0.5, 0.6) is 11.8 Å². The van der Waals surface area contributed by atoms with Crippen molar-refractivity contribution in [3.63, 3.8) is 0 Å². The molecule has 36 heavy (non-hydrogen) atoms. The largest absolute Gasteiger partial charge is 0.423 e. The van der Waals surface area contributed by atoms with Gasteiger partial charge in [0, 0.05) is 18.1 Å². The number of fused-ring (bicyclic) bond motifs is 1. The molecule has 0 unspecified atom stereocenters. The number of hydrogen-bond donors (Lipinski definition) is 1. The van der Waals surface area contributed by atoms with Crippen molar-refractivity contribution in [2.24, 2.45) is 0 Å². The maximum atomic E-state index is 12.7. The van der Waals surface area contributed by atoms with Gasteiger partial charge in [0.2, 0.25) is 10.0 Å². The highest BCUT2D eigenvalue weighted by Crippen LogP contribution is 2.36. The number of tetrazole rings is 1. The molecule has 0 amide bonds. The van der Waals surface area contributed by atoms with Gasteiger partial charge in [0.25, 0.3) is 0 Å². The van der Waals surface area contributed by atoms with Gasteiger partial charge in [-0.1, -0.05) is 35.4 Å². The summed E-state index contributed by atoms with van der Waals surface area (Å²) in [7, 11) is -3.58. The summed E-state index contributed by atoms with van der Waals surface area (Å²) >= 11 is 0. The monoisotopic (exact) mass is 509 g/mol. The van der Waals surface area contributed by atoms with Crippen molar-refractivity contribution in [1.82, 2.24) is 34.5 Å². The van der Waals surface area contributed by atoms with Gasteiger partial charge in [-0.2, -0.15) is 4.68 Å². The van der Waals surface area contributed by atoms with Crippen LogP contribution in [0.2, 0.25) is 0 Å². The van der Waals surface area contributed by atoms with Gasteiger partial charge in [-0.3, -0.25) is 0 Å². The molecule has 13 heteroatoms. The lowest BCUT2D eigenvalue weighted by molar-refractivity contribution is 0.0615. The zero-order chi connectivity index (χ0) is 24.5. The van der Waals surface area contributed by atoms with Crippen molar-refractivity contribution in [2.75, 3.05) is 13.2 Å². The normalized spacial score (nSPS) is 23.6. The number of nitrogens with one attached hydrogen (secondary N) is 1. The smallest absolute Gasteiger partial charge is 0.341 e. The van der Waals surface area contributed by atoms with E-state index in [1.807, 2.05) is 53.2 Å². The van der Waals surface area contributed by atoms with Crippen molar-refractivity contribution in [3.8, 4) is 17.4 Å². The van der Waals surface area contributed by atoms with E-state index < -0.39 is 28.3 Å². The van der Waals surface area contributed by atoms with E-state index in [1.165, 1.54) is 4.68 Å². The second kappa shape index (κ2) is 9.43. The first-order valence-electron chi connectivity index (χ1n) is 11.4. The van der Waals surface area contributed by atoms with Gasteiger partial charge in [0.15, 0.2) is 0 Å². The zero-order valence-electron chi connectivity index (χ0n) is 19.0. The fraction of sp³-hybridized carbons (Fsp3) is 0.304. The maximum absolute atomic E-state index is 12.7. The summed E-state index contributed by atoms with van der Waals surface area (Å²) in [4.78, 5) is 4.05. The van der Waals surface area contributed by atoms with Crippen LogP contribution in [0, 0.1) is 0 Å². The number of nitrogens with zero attached hydrogens (tertiary/aromatic N) is 6. The Labute approximate surface area is 206 Å². The van der Waals surface area contributed by atoms with Crippen LogP contribution in [0.1, 0.15) is 11.6 Å². The Morgan fingerprint density at radius 3 is 2.61 bits per heavy atom. The lowest BCUT2D eigenvalue weighted by Crippen LogP contribution is -2.44. The van der Waals surface area contributed by atoms with Crippen molar-refractivity contribution in [3.05, 3.63) is 78.9 Å². The van der Waals surface area contributed by atoms with Gasteiger partial charge in [-0.25, -0.2) is 18.1 Å². The topological polar surface area (TPSA) is 135 Å². The van der Waals surface area contributed by atoms with Crippen LogP contribution in [0.3, 0.4) is 0 Å². The molecule has 2 saturated heterocycles. The lowest BCUT2D eigenvalue weighted by atomic mass is 10.1. The number of aromatic nitrogens is 6. The summed E-state index contributed by atoms with van der Waals surface area (Å²) in [5.74, 6) is 0.444. The molecule has 4 aromatic rings. The fourth-order valence-corrected chi connectivity index (χ4v) is 5.90. The van der Waals surface area contributed by atoms with E-state index in [0.29, 0.717) is 11.3 Å². The molecule has 12 nitrogen and oxygen atoms in total. The first kappa shape index (κ1) is 22.8. The number of hydrogen-bond acceptors (Lipinski definition) is 9. The van der Waals surface area contributed by atoms with Crippen molar-refractivity contribution >= 4 is 10.0 Å². The van der Waals surface area contributed by atoms with Gasteiger partial charge in [0.1, 0.15) is 24.0 Å². The Kier molecular flexibility index (Phi) is 5.97. The number of rotatable bonds is 8. The first-order valence-corrected chi connectivity index (χ1v) is 13.0. The van der Waals surface area contributed by atoms with Crippen LogP contribution in [0.4, 0.5) is 0 Å². The van der Waals surface area contributed by atoms with Crippen LogP contribution in [-0.4, -0.2) is 69.6 Å². The third-order valence-electron chi connectivity index (χ3n) is 6.18. The molecule has 2 aromatic carbocycles. The fourth-order valence-electron chi connectivity index (χ4n) is 4.52. The summed E-state index contributed by atoms with van der Waals surface area (Å²) in [5.41, 5.74) is 1.64. The predicted molar refractivity (Wildman–Crippen MR) is 126 cm³/mol. The average Bonchev–Trinajstić information content (AvgIpc) is 3.67. The molecule has 4 atom stereocenters. The van der Waals surface area contributed by atoms with E-state index in [9.17, 15) is 8.42 Å². The molecule has 0 spiro atoms. The average molecular weight is 510 g/mol.